The molecule has 2 heterocycles. The van der Waals surface area contributed by atoms with Crippen molar-refractivity contribution in [1.29, 1.82) is 0 Å². The van der Waals surface area contributed by atoms with Gasteiger partial charge in [0, 0.05) is 22.5 Å². The van der Waals surface area contributed by atoms with Crippen molar-refractivity contribution >= 4 is 44.7 Å². The van der Waals surface area contributed by atoms with Crippen LogP contribution >= 0.6 is 0 Å². The van der Waals surface area contributed by atoms with Crippen LogP contribution in [0.25, 0.3) is 56.0 Å². The van der Waals surface area contributed by atoms with Crippen molar-refractivity contribution in [1.82, 2.24) is 9.97 Å². The summed E-state index contributed by atoms with van der Waals surface area (Å²) in [4.78, 5) is 9.64. The zero-order valence-corrected chi connectivity index (χ0v) is 17.3. The fourth-order valence-electron chi connectivity index (χ4n) is 4.85. The van der Waals surface area contributed by atoms with E-state index in [1.54, 1.807) is 0 Å². The van der Waals surface area contributed by atoms with Crippen molar-refractivity contribution in [2.24, 2.45) is 0 Å². The van der Waals surface area contributed by atoms with E-state index in [0.29, 0.717) is 0 Å². The van der Waals surface area contributed by atoms with Gasteiger partial charge in [-0.3, -0.25) is 4.98 Å². The Morgan fingerprint density at radius 2 is 1.25 bits per heavy atom. The molecular weight excluding hydrogens is 388 g/mol. The second kappa shape index (κ2) is 6.60. The molecule has 2 heteroatoms. The minimum atomic E-state index is 0.947. The minimum absolute atomic E-state index is 0.947. The van der Waals surface area contributed by atoms with E-state index in [-0.39, 0.29) is 0 Å². The van der Waals surface area contributed by atoms with E-state index < -0.39 is 0 Å². The van der Waals surface area contributed by atoms with Gasteiger partial charge in [-0.15, -0.1) is 0 Å². The van der Waals surface area contributed by atoms with Gasteiger partial charge >= 0.3 is 0 Å². The molecular formula is C30H18N2. The molecule has 0 bridgehead atoms. The highest BCUT2D eigenvalue weighted by Crippen LogP contribution is 2.27. The van der Waals surface area contributed by atoms with Crippen molar-refractivity contribution in [2.45, 2.75) is 0 Å². The SMILES string of the molecule is C1=c2ccc(-c3ccc4ccc5cccnc5c4n3)cc2=Cc2cccc3cccc1c23. The average Bonchev–Trinajstić information content (AvgIpc) is 3.01. The molecule has 148 valence electrons. The smallest absolute Gasteiger partial charge is 0.0972 e. The Balaban J connectivity index is 1.47. The van der Waals surface area contributed by atoms with Crippen molar-refractivity contribution in [2.75, 3.05) is 0 Å². The van der Waals surface area contributed by atoms with Crippen LogP contribution in [0.15, 0.2) is 97.2 Å². The summed E-state index contributed by atoms with van der Waals surface area (Å²) in [7, 11) is 0. The highest BCUT2D eigenvalue weighted by molar-refractivity contribution is 6.03. The van der Waals surface area contributed by atoms with E-state index in [2.05, 4.69) is 102 Å². The third-order valence-corrected chi connectivity index (χ3v) is 6.41. The maximum absolute atomic E-state index is 5.04. The third kappa shape index (κ3) is 2.60. The molecule has 2 nitrogen and oxygen atoms in total. The zero-order valence-electron chi connectivity index (χ0n) is 17.3. The Morgan fingerprint density at radius 1 is 0.531 bits per heavy atom. The molecule has 0 aliphatic heterocycles. The fraction of sp³-hybridized carbons (Fsp3) is 0. The van der Waals surface area contributed by atoms with Crippen LogP contribution in [0, 0.1) is 0 Å². The maximum atomic E-state index is 5.04. The molecule has 0 saturated carbocycles. The van der Waals surface area contributed by atoms with E-state index >= 15 is 0 Å². The van der Waals surface area contributed by atoms with E-state index in [1.165, 1.54) is 32.3 Å². The van der Waals surface area contributed by atoms with Crippen molar-refractivity contribution in [3.05, 3.63) is 119 Å². The first-order valence-corrected chi connectivity index (χ1v) is 10.8. The largest absolute Gasteiger partial charge is 0.254 e. The van der Waals surface area contributed by atoms with Crippen molar-refractivity contribution in [3.8, 4) is 11.3 Å². The molecule has 0 saturated heterocycles. The normalized spacial score (nSPS) is 12.2. The standard InChI is InChI=1S/C30H18N2/c1-4-19-5-2-7-25-18-26-17-23(12-11-22(26)16-24(6-1)28(19)25)27-14-13-21-10-9-20-8-3-15-31-29(20)30(21)32-27/h1-18H. The van der Waals surface area contributed by atoms with Gasteiger partial charge in [-0.2, -0.15) is 0 Å². The number of aromatic nitrogens is 2. The summed E-state index contributed by atoms with van der Waals surface area (Å²) in [5.74, 6) is 0. The summed E-state index contributed by atoms with van der Waals surface area (Å²) >= 11 is 0. The lowest BCUT2D eigenvalue weighted by molar-refractivity contribution is 1.36. The lowest BCUT2D eigenvalue weighted by Crippen LogP contribution is -2.23. The summed E-state index contributed by atoms with van der Waals surface area (Å²) < 4.78 is 0. The predicted octanol–water partition coefficient (Wildman–Crippen LogP) is 5.57. The first-order valence-electron chi connectivity index (χ1n) is 10.8. The van der Waals surface area contributed by atoms with Crippen molar-refractivity contribution < 1.29 is 0 Å². The van der Waals surface area contributed by atoms with Gasteiger partial charge in [0.1, 0.15) is 0 Å². The van der Waals surface area contributed by atoms with Gasteiger partial charge < -0.3 is 0 Å². The Bertz CT molecular complexity index is 1830. The molecule has 32 heavy (non-hydrogen) atoms. The van der Waals surface area contributed by atoms with Crippen molar-refractivity contribution in [3.63, 3.8) is 0 Å². The molecule has 0 N–H and O–H groups in total. The van der Waals surface area contributed by atoms with E-state index in [4.69, 9.17) is 4.98 Å². The van der Waals surface area contributed by atoms with Crippen LogP contribution in [-0.2, 0) is 0 Å². The summed E-state index contributed by atoms with van der Waals surface area (Å²) in [5, 5.41) is 7.25. The molecule has 0 spiro atoms. The molecule has 6 aromatic rings. The summed E-state index contributed by atoms with van der Waals surface area (Å²) in [6, 6.07) is 32.2. The van der Waals surface area contributed by atoms with Gasteiger partial charge in [0.15, 0.2) is 0 Å². The summed E-state index contributed by atoms with van der Waals surface area (Å²) in [6.45, 7) is 0. The molecule has 7 rings (SSSR count). The van der Waals surface area contributed by atoms with Crippen LogP contribution in [0.4, 0.5) is 0 Å². The Kier molecular flexibility index (Phi) is 3.58. The fourth-order valence-corrected chi connectivity index (χ4v) is 4.85. The molecule has 4 aromatic carbocycles. The van der Waals surface area contributed by atoms with Crippen LogP contribution in [-0.4, -0.2) is 9.97 Å². The van der Waals surface area contributed by atoms with Gasteiger partial charge in [-0.25, -0.2) is 4.98 Å². The first-order chi connectivity index (χ1) is 15.8. The van der Waals surface area contributed by atoms with Crippen LogP contribution in [0.3, 0.4) is 0 Å². The number of benzene rings is 4. The quantitative estimate of drug-likeness (QED) is 0.333. The van der Waals surface area contributed by atoms with Crippen LogP contribution in [0.5, 0.6) is 0 Å². The monoisotopic (exact) mass is 406 g/mol. The third-order valence-electron chi connectivity index (χ3n) is 6.41. The Morgan fingerprint density at radius 3 is 2.09 bits per heavy atom. The van der Waals surface area contributed by atoms with Gasteiger partial charge in [0.25, 0.3) is 0 Å². The van der Waals surface area contributed by atoms with Gasteiger partial charge in [-0.05, 0) is 62.7 Å². The molecule has 1 aliphatic carbocycles. The van der Waals surface area contributed by atoms with Gasteiger partial charge in [-0.1, -0.05) is 72.8 Å². The lowest BCUT2D eigenvalue weighted by Gasteiger charge is -2.06. The number of nitrogens with zero attached hydrogens (tertiary/aromatic N) is 2. The highest BCUT2D eigenvalue weighted by atomic mass is 14.7. The van der Waals surface area contributed by atoms with Crippen LogP contribution in [0.1, 0.15) is 11.1 Å². The molecule has 0 unspecified atom stereocenters. The predicted molar refractivity (Wildman–Crippen MR) is 133 cm³/mol. The van der Waals surface area contributed by atoms with E-state index in [1.807, 2.05) is 12.3 Å². The Labute approximate surface area is 184 Å². The lowest BCUT2D eigenvalue weighted by atomic mass is 10.00. The minimum Gasteiger partial charge on any atom is -0.254 e. The average molecular weight is 406 g/mol. The second-order valence-corrected chi connectivity index (χ2v) is 8.33. The topological polar surface area (TPSA) is 25.8 Å². The van der Waals surface area contributed by atoms with E-state index in [0.717, 1.165) is 33.1 Å². The van der Waals surface area contributed by atoms with Crippen LogP contribution in [0.2, 0.25) is 0 Å². The highest BCUT2D eigenvalue weighted by Gasteiger charge is 2.09. The molecule has 0 amide bonds. The number of pyridine rings is 2. The van der Waals surface area contributed by atoms with E-state index in [9.17, 15) is 0 Å². The second-order valence-electron chi connectivity index (χ2n) is 8.33. The molecule has 0 radical (unpaired) electrons. The molecule has 0 atom stereocenters. The van der Waals surface area contributed by atoms with Gasteiger partial charge in [0.2, 0.25) is 0 Å². The zero-order chi connectivity index (χ0) is 21.1. The van der Waals surface area contributed by atoms with Crippen LogP contribution < -0.4 is 10.4 Å². The number of hydrogen-bond donors (Lipinski definition) is 0. The molecule has 0 fully saturated rings. The number of rotatable bonds is 1. The number of fused-ring (bicyclic) bond motifs is 4. The summed E-state index contributed by atoms with van der Waals surface area (Å²) in [5.41, 5.74) is 6.49. The van der Waals surface area contributed by atoms with Gasteiger partial charge in [0.05, 0.1) is 16.7 Å². The summed E-state index contributed by atoms with van der Waals surface area (Å²) in [6.07, 6.45) is 6.42. The Hall–Kier alpha value is -4.30. The molecule has 1 aliphatic rings. The first kappa shape index (κ1) is 17.4. The maximum Gasteiger partial charge on any atom is 0.0972 e. The number of hydrogen-bond acceptors (Lipinski definition) is 2. The molecule has 2 aromatic heterocycles.